The van der Waals surface area contributed by atoms with Crippen LogP contribution in [0.2, 0.25) is 36.3 Å². The van der Waals surface area contributed by atoms with Crippen LogP contribution in [0.15, 0.2) is 73.4 Å². The van der Waals surface area contributed by atoms with Gasteiger partial charge in [0, 0.05) is 74.1 Å². The summed E-state index contributed by atoms with van der Waals surface area (Å²) in [5.41, 5.74) is 0. The Morgan fingerprint density at radius 2 is 0.836 bits per heavy atom. The standard InChI is InChI=1S/C42H76N2O11Si6/c1-3-5-7-19-35-56(45)49-57(46,36-20-8-6-4-2)52-61(38-22-34-44-31-17-18-32-44)54-59(48,40-28-42-25-13-10-14-26-42)50-58(47,39-27-41-23-11-9-12-24-41)53-60(51-56,55-61)37-21-33-43-29-15-16-30-43/h9-11,13,15-18,29-32,41-42,45-48H,3-8,12,14,19-28,33-40H2,1-2H3. The summed E-state index contributed by atoms with van der Waals surface area (Å²) in [5.74, 6) is 0.642. The summed E-state index contributed by atoms with van der Waals surface area (Å²) in [7, 11) is -26.1. The van der Waals surface area contributed by atoms with E-state index in [1.165, 1.54) is 0 Å². The molecule has 2 bridgehead atoms. The van der Waals surface area contributed by atoms with Gasteiger partial charge in [0.25, 0.3) is 0 Å². The van der Waals surface area contributed by atoms with Gasteiger partial charge in [-0.2, -0.15) is 0 Å². The first-order chi connectivity index (χ1) is 29.4. The van der Waals surface area contributed by atoms with Gasteiger partial charge in [-0.15, -0.1) is 0 Å². The monoisotopic (exact) mass is 952 g/mol. The molecule has 0 radical (unpaired) electrons. The molecule has 61 heavy (non-hydrogen) atoms. The Labute approximate surface area is 372 Å². The van der Waals surface area contributed by atoms with Crippen LogP contribution >= 0.6 is 0 Å². The Hall–Kier alpha value is -1.10. The molecule has 0 spiro atoms. The number of fused-ring (bicyclic) bond motifs is 2. The zero-order valence-corrected chi connectivity index (χ0v) is 43.0. The van der Waals surface area contributed by atoms with Gasteiger partial charge in [0.1, 0.15) is 0 Å². The van der Waals surface area contributed by atoms with Crippen molar-refractivity contribution in [1.29, 1.82) is 0 Å². The molecule has 4 N–H and O–H groups in total. The maximum atomic E-state index is 13.0. The fraction of sp³-hybridized carbons (Fsp3) is 0.714. The number of nitrogens with zero attached hydrogens (tertiary/aromatic N) is 2. The average molecular weight is 954 g/mol. The van der Waals surface area contributed by atoms with Gasteiger partial charge < -0.3 is 57.1 Å². The topological polar surface area (TPSA) is 155 Å². The highest BCUT2D eigenvalue weighted by Crippen LogP contribution is 2.45. The largest absolute Gasteiger partial charge is 0.483 e. The molecule has 344 valence electrons. The van der Waals surface area contributed by atoms with Crippen molar-refractivity contribution in [2.24, 2.45) is 11.8 Å². The molecule has 2 fully saturated rings. The lowest BCUT2D eigenvalue weighted by atomic mass is 9.92. The minimum Gasteiger partial charge on any atom is -0.391 e. The number of unbranched alkanes of at least 4 members (excludes halogenated alkanes) is 6. The van der Waals surface area contributed by atoms with E-state index in [1.807, 2.05) is 49.1 Å². The van der Waals surface area contributed by atoms with Crippen LogP contribution in [0.4, 0.5) is 0 Å². The maximum Gasteiger partial charge on any atom is 0.483 e. The molecule has 0 amide bonds. The molecular weight excluding hydrogens is 877 g/mol. The highest BCUT2D eigenvalue weighted by Gasteiger charge is 2.72. The van der Waals surface area contributed by atoms with E-state index in [2.05, 4.69) is 47.3 Å². The van der Waals surface area contributed by atoms with Crippen molar-refractivity contribution in [2.45, 2.75) is 179 Å². The van der Waals surface area contributed by atoms with Crippen molar-refractivity contribution in [2.75, 3.05) is 0 Å². The molecule has 0 aromatic carbocycles. The van der Waals surface area contributed by atoms with E-state index in [4.69, 9.17) is 28.8 Å². The second kappa shape index (κ2) is 23.4. The Morgan fingerprint density at radius 1 is 0.443 bits per heavy atom. The molecule has 13 nitrogen and oxygen atoms in total. The number of rotatable bonds is 24. The quantitative estimate of drug-likeness (QED) is 0.0453. The van der Waals surface area contributed by atoms with E-state index in [0.717, 1.165) is 77.0 Å². The van der Waals surface area contributed by atoms with Gasteiger partial charge in [-0.05, 0) is 113 Å². The molecule has 2 saturated heterocycles. The fourth-order valence-corrected chi connectivity index (χ4v) is 38.1. The SMILES string of the molecule is CCCCCC[Si]1(O)O[Si](O)(CCCCCC)O[Si]2(CCCn3cccc3)O[Si](O)(CCC3CC=CCC3)O[Si](O)(CCC3CC=CCC3)O[Si](CCCn3cccc3)(O1)O2. The van der Waals surface area contributed by atoms with Crippen molar-refractivity contribution in [3.63, 3.8) is 0 Å². The summed E-state index contributed by atoms with van der Waals surface area (Å²) in [4.78, 5) is 51.7. The lowest BCUT2D eigenvalue weighted by molar-refractivity contribution is 0.0293. The van der Waals surface area contributed by atoms with E-state index in [9.17, 15) is 19.2 Å². The lowest BCUT2D eigenvalue weighted by Crippen LogP contribution is -2.78. The van der Waals surface area contributed by atoms with Crippen LogP contribution in [-0.2, 0) is 41.9 Å². The summed E-state index contributed by atoms with van der Waals surface area (Å²) in [6.07, 6.45) is 31.8. The van der Waals surface area contributed by atoms with Crippen molar-refractivity contribution in [1.82, 2.24) is 9.13 Å². The van der Waals surface area contributed by atoms with Gasteiger partial charge in [0.05, 0.1) is 0 Å². The first kappa shape index (κ1) is 49.3. The fourth-order valence-electron chi connectivity index (χ4n) is 9.19. The Morgan fingerprint density at radius 3 is 1.20 bits per heavy atom. The molecule has 0 saturated carbocycles. The first-order valence-electron chi connectivity index (χ1n) is 23.7. The van der Waals surface area contributed by atoms with Gasteiger partial charge >= 0.3 is 52.8 Å². The predicted octanol–water partition coefficient (Wildman–Crippen LogP) is 9.17. The van der Waals surface area contributed by atoms with Crippen LogP contribution in [0.25, 0.3) is 0 Å². The van der Waals surface area contributed by atoms with Crippen LogP contribution in [0.5, 0.6) is 0 Å². The summed E-state index contributed by atoms with van der Waals surface area (Å²) in [5, 5.41) is 0. The third-order valence-electron chi connectivity index (χ3n) is 12.5. The molecule has 4 aliphatic rings. The molecular formula is C42H76N2O11Si6. The minimum absolute atomic E-state index is 0.186. The van der Waals surface area contributed by atoms with E-state index in [0.29, 0.717) is 63.5 Å². The Balaban J connectivity index is 1.44. The third kappa shape index (κ3) is 15.5. The van der Waals surface area contributed by atoms with Crippen molar-refractivity contribution >= 4 is 52.8 Å². The van der Waals surface area contributed by atoms with Crippen LogP contribution in [0.1, 0.15) is 129 Å². The second-order valence-electron chi connectivity index (χ2n) is 18.0. The number of aryl methyl sites for hydroxylation is 2. The van der Waals surface area contributed by atoms with E-state index >= 15 is 0 Å². The van der Waals surface area contributed by atoms with Gasteiger partial charge in [0.2, 0.25) is 0 Å². The van der Waals surface area contributed by atoms with Gasteiger partial charge in [0.15, 0.2) is 0 Å². The first-order valence-corrected chi connectivity index (χ1v) is 35.4. The molecule has 8 atom stereocenters. The minimum atomic E-state index is -4.39. The van der Waals surface area contributed by atoms with Crippen LogP contribution in [-0.4, -0.2) is 81.1 Å². The Bertz CT molecular complexity index is 1520. The summed E-state index contributed by atoms with van der Waals surface area (Å²) in [6, 6.07) is 9.09. The molecule has 4 heterocycles. The maximum absolute atomic E-state index is 13.0. The molecule has 8 unspecified atom stereocenters. The lowest BCUT2D eigenvalue weighted by Gasteiger charge is -2.52. The highest BCUT2D eigenvalue weighted by atomic mass is 28.6. The molecule has 2 aromatic rings. The summed E-state index contributed by atoms with van der Waals surface area (Å²) in [6.45, 7) is 5.50. The summed E-state index contributed by atoms with van der Waals surface area (Å²) < 4.78 is 53.7. The molecule has 19 heteroatoms. The zero-order chi connectivity index (χ0) is 43.1. The Kier molecular flexibility index (Phi) is 18.9. The van der Waals surface area contributed by atoms with Gasteiger partial charge in [-0.25, -0.2) is 0 Å². The second-order valence-corrected chi connectivity index (χ2v) is 35.1. The molecule has 2 aliphatic carbocycles. The van der Waals surface area contributed by atoms with Crippen molar-refractivity contribution < 1.29 is 48.0 Å². The molecule has 2 aliphatic heterocycles. The zero-order valence-electron chi connectivity index (χ0n) is 37.0. The van der Waals surface area contributed by atoms with Crippen LogP contribution in [0.3, 0.4) is 0 Å². The van der Waals surface area contributed by atoms with E-state index in [-0.39, 0.29) is 36.3 Å². The van der Waals surface area contributed by atoms with E-state index in [1.54, 1.807) is 0 Å². The number of hydrogen-bond donors (Lipinski definition) is 4. The normalized spacial score (nSPS) is 34.5. The predicted molar refractivity (Wildman–Crippen MR) is 248 cm³/mol. The summed E-state index contributed by atoms with van der Waals surface area (Å²) >= 11 is 0. The van der Waals surface area contributed by atoms with Crippen molar-refractivity contribution in [3.05, 3.63) is 73.4 Å². The van der Waals surface area contributed by atoms with Crippen LogP contribution in [0, 0.1) is 11.8 Å². The van der Waals surface area contributed by atoms with Gasteiger partial charge in [-0.1, -0.05) is 76.7 Å². The number of aromatic nitrogens is 2. The smallest absolute Gasteiger partial charge is 0.391 e. The van der Waals surface area contributed by atoms with E-state index < -0.39 is 52.8 Å². The average Bonchev–Trinajstić information content (AvgIpc) is 3.95. The number of allylic oxidation sites excluding steroid dienone is 4. The molecule has 6 rings (SSSR count). The van der Waals surface area contributed by atoms with Crippen molar-refractivity contribution in [3.8, 4) is 0 Å². The number of hydrogen-bond acceptors (Lipinski definition) is 11. The highest BCUT2D eigenvalue weighted by molar-refractivity contribution is 6.94. The molecule has 2 aromatic heterocycles. The van der Waals surface area contributed by atoms with Gasteiger partial charge in [-0.3, -0.25) is 0 Å². The van der Waals surface area contributed by atoms with Crippen LogP contribution < -0.4 is 0 Å². The third-order valence-corrected chi connectivity index (χ3v) is 35.9.